The molecule has 4 heteroatoms. The van der Waals surface area contributed by atoms with Crippen molar-refractivity contribution in [2.75, 3.05) is 6.73 Å². The van der Waals surface area contributed by atoms with E-state index >= 15 is 0 Å². The summed E-state index contributed by atoms with van der Waals surface area (Å²) in [6, 6.07) is 8.33. The molecule has 2 aromatic rings. The van der Waals surface area contributed by atoms with Gasteiger partial charge in [-0.15, -0.1) is 0 Å². The first kappa shape index (κ1) is 27.1. The summed E-state index contributed by atoms with van der Waals surface area (Å²) in [7, 11) is 0. The van der Waals surface area contributed by atoms with Crippen molar-refractivity contribution in [3.63, 3.8) is 0 Å². The molecule has 0 saturated carbocycles. The second kappa shape index (κ2) is 8.57. The van der Waals surface area contributed by atoms with Crippen LogP contribution in [0.4, 0.5) is 0 Å². The molecule has 35 heavy (non-hydrogen) atoms. The first-order chi connectivity index (χ1) is 15.7. The number of carbonyl (C=O) groups excluding carboxylic acids is 1. The van der Waals surface area contributed by atoms with Gasteiger partial charge >= 0.3 is 0 Å². The Hall–Kier alpha value is -2.49. The lowest BCUT2D eigenvalue weighted by Crippen LogP contribution is -2.38. The first-order valence-electron chi connectivity index (χ1n) is 12.7. The van der Waals surface area contributed by atoms with Gasteiger partial charge in [-0.05, 0) is 44.9 Å². The molecule has 192 valence electrons. The highest BCUT2D eigenvalue weighted by atomic mass is 16.5. The molecule has 0 unspecified atom stereocenters. The van der Waals surface area contributed by atoms with Crippen LogP contribution in [0.1, 0.15) is 121 Å². The average Bonchev–Trinajstić information content (AvgIpc) is 2.69. The van der Waals surface area contributed by atoms with Gasteiger partial charge in [-0.3, -0.25) is 4.79 Å². The molecule has 1 heterocycles. The Morgan fingerprint density at radius 3 is 1.71 bits per heavy atom. The van der Waals surface area contributed by atoms with Crippen molar-refractivity contribution >= 4 is 5.91 Å². The Morgan fingerprint density at radius 2 is 1.23 bits per heavy atom. The van der Waals surface area contributed by atoms with Gasteiger partial charge in [0.2, 0.25) is 0 Å². The number of ether oxygens (including phenoxy) is 1. The Balaban J connectivity index is 2.11. The minimum absolute atomic E-state index is 0.0256. The lowest BCUT2D eigenvalue weighted by Gasteiger charge is -2.35. The van der Waals surface area contributed by atoms with Crippen LogP contribution in [-0.2, 0) is 28.2 Å². The van der Waals surface area contributed by atoms with E-state index in [0.29, 0.717) is 12.1 Å². The van der Waals surface area contributed by atoms with E-state index in [1.807, 2.05) is 12.1 Å². The topological polar surface area (TPSA) is 49.8 Å². The van der Waals surface area contributed by atoms with E-state index in [2.05, 4.69) is 95.2 Å². The van der Waals surface area contributed by atoms with Gasteiger partial charge in [-0.25, -0.2) is 0 Å². The fraction of sp³-hybridized carbons (Fsp3) is 0.581. The molecule has 1 N–H and O–H groups in total. The fourth-order valence-electron chi connectivity index (χ4n) is 4.46. The van der Waals surface area contributed by atoms with Gasteiger partial charge < -0.3 is 14.7 Å². The van der Waals surface area contributed by atoms with Gasteiger partial charge in [0.25, 0.3) is 5.91 Å². The number of aromatic hydroxyl groups is 1. The number of nitrogens with zero attached hydrogens (tertiary/aromatic N) is 1. The van der Waals surface area contributed by atoms with E-state index in [1.54, 1.807) is 4.90 Å². The van der Waals surface area contributed by atoms with Crippen molar-refractivity contribution in [3.8, 4) is 11.5 Å². The second-order valence-corrected chi connectivity index (χ2v) is 14.2. The van der Waals surface area contributed by atoms with E-state index < -0.39 is 0 Å². The van der Waals surface area contributed by atoms with Gasteiger partial charge in [0.1, 0.15) is 11.5 Å². The molecule has 0 fully saturated rings. The normalized spacial score (nSPS) is 15.0. The molecular weight excluding hydrogens is 434 g/mol. The number of rotatable bonds is 1. The largest absolute Gasteiger partial charge is 0.507 e. The number of carbonyl (C=O) groups is 1. The SMILES string of the molecule is CC(C)(C)c1cc(C(=O)N2COc3c(cc(C(C)(C)C)cc3C(C)(C)C)C2)c(O)c(C(C)(C)C)c1. The summed E-state index contributed by atoms with van der Waals surface area (Å²) < 4.78 is 6.26. The molecule has 0 aromatic heterocycles. The Bertz CT molecular complexity index is 1130. The molecule has 1 aliphatic heterocycles. The fourth-order valence-corrected chi connectivity index (χ4v) is 4.46. The predicted molar refractivity (Wildman–Crippen MR) is 145 cm³/mol. The number of benzene rings is 2. The summed E-state index contributed by atoms with van der Waals surface area (Å²) in [6.45, 7) is 26.4. The minimum Gasteiger partial charge on any atom is -0.507 e. The van der Waals surface area contributed by atoms with Gasteiger partial charge in [-0.2, -0.15) is 0 Å². The van der Waals surface area contributed by atoms with Crippen LogP contribution in [-0.4, -0.2) is 22.6 Å². The number of hydrogen-bond donors (Lipinski definition) is 1. The van der Waals surface area contributed by atoms with Crippen molar-refractivity contribution < 1.29 is 14.6 Å². The number of hydrogen-bond acceptors (Lipinski definition) is 3. The molecular formula is C31H45NO3. The van der Waals surface area contributed by atoms with Crippen LogP contribution in [0.3, 0.4) is 0 Å². The van der Waals surface area contributed by atoms with Crippen LogP contribution >= 0.6 is 0 Å². The number of phenolic OH excluding ortho intramolecular Hbond substituents is 1. The van der Waals surface area contributed by atoms with Crippen LogP contribution < -0.4 is 4.74 Å². The van der Waals surface area contributed by atoms with Crippen LogP contribution in [0.5, 0.6) is 11.5 Å². The quantitative estimate of drug-likeness (QED) is 0.459. The third-order valence-electron chi connectivity index (χ3n) is 6.87. The number of amides is 1. The van der Waals surface area contributed by atoms with E-state index in [1.165, 1.54) is 11.1 Å². The highest BCUT2D eigenvalue weighted by Gasteiger charge is 2.33. The van der Waals surface area contributed by atoms with E-state index in [-0.39, 0.29) is 40.0 Å². The van der Waals surface area contributed by atoms with Crippen molar-refractivity contribution in [1.29, 1.82) is 0 Å². The maximum absolute atomic E-state index is 13.8. The lowest BCUT2D eigenvalue weighted by molar-refractivity contribution is 0.0505. The third-order valence-corrected chi connectivity index (χ3v) is 6.87. The molecule has 0 bridgehead atoms. The minimum atomic E-state index is -0.297. The van der Waals surface area contributed by atoms with Gasteiger partial charge in [0, 0.05) is 16.7 Å². The summed E-state index contributed by atoms with van der Waals surface area (Å²) in [5.41, 5.74) is 5.02. The van der Waals surface area contributed by atoms with Crippen molar-refractivity contribution in [2.45, 2.75) is 111 Å². The van der Waals surface area contributed by atoms with E-state index in [4.69, 9.17) is 4.74 Å². The van der Waals surface area contributed by atoms with Crippen molar-refractivity contribution in [2.24, 2.45) is 0 Å². The molecule has 0 spiro atoms. The van der Waals surface area contributed by atoms with Gasteiger partial charge in [0.05, 0.1) is 12.1 Å². The summed E-state index contributed by atoms with van der Waals surface area (Å²) in [4.78, 5) is 15.5. The number of fused-ring (bicyclic) bond motifs is 1. The van der Waals surface area contributed by atoms with Gasteiger partial charge in [0.15, 0.2) is 6.73 Å². The Labute approximate surface area is 212 Å². The Morgan fingerprint density at radius 1 is 0.743 bits per heavy atom. The average molecular weight is 480 g/mol. The zero-order valence-electron chi connectivity index (χ0n) is 23.9. The molecule has 1 amide bonds. The Kier molecular flexibility index (Phi) is 6.63. The van der Waals surface area contributed by atoms with Crippen LogP contribution in [0.2, 0.25) is 0 Å². The molecule has 4 nitrogen and oxygen atoms in total. The lowest BCUT2D eigenvalue weighted by atomic mass is 9.78. The van der Waals surface area contributed by atoms with E-state index in [0.717, 1.165) is 22.4 Å². The monoisotopic (exact) mass is 479 g/mol. The van der Waals surface area contributed by atoms with E-state index in [9.17, 15) is 9.90 Å². The van der Waals surface area contributed by atoms with Crippen molar-refractivity contribution in [3.05, 3.63) is 57.6 Å². The zero-order valence-corrected chi connectivity index (χ0v) is 23.9. The second-order valence-electron chi connectivity index (χ2n) is 14.2. The summed E-state index contributed by atoms with van der Waals surface area (Å²) in [5.74, 6) is 0.751. The maximum Gasteiger partial charge on any atom is 0.260 e. The van der Waals surface area contributed by atoms with Crippen molar-refractivity contribution in [1.82, 2.24) is 4.90 Å². The highest BCUT2D eigenvalue weighted by Crippen LogP contribution is 2.42. The molecule has 0 radical (unpaired) electrons. The first-order valence-corrected chi connectivity index (χ1v) is 12.7. The molecule has 0 saturated heterocycles. The smallest absolute Gasteiger partial charge is 0.260 e. The van der Waals surface area contributed by atoms with Crippen LogP contribution in [0.15, 0.2) is 24.3 Å². The number of phenols is 1. The predicted octanol–water partition coefficient (Wildman–Crippen LogP) is 7.57. The summed E-state index contributed by atoms with van der Waals surface area (Å²) in [5, 5.41) is 11.2. The molecule has 0 atom stereocenters. The third kappa shape index (κ3) is 5.52. The van der Waals surface area contributed by atoms with Crippen LogP contribution in [0, 0.1) is 0 Å². The standard InChI is InChI=1S/C31H45NO3/c1-28(2,3)20-13-19-17-32(18-35-26(19)24(16-20)31(10,11)12)27(34)22-14-21(29(4,5)6)15-23(25(22)33)30(7,8)9/h13-16,33H,17-18H2,1-12H3. The highest BCUT2D eigenvalue weighted by molar-refractivity contribution is 5.97. The zero-order chi connectivity index (χ0) is 26.7. The summed E-state index contributed by atoms with van der Waals surface area (Å²) in [6.07, 6.45) is 0. The molecule has 3 rings (SSSR count). The summed E-state index contributed by atoms with van der Waals surface area (Å²) >= 11 is 0. The van der Waals surface area contributed by atoms with Gasteiger partial charge in [-0.1, -0.05) is 95.2 Å². The molecule has 2 aromatic carbocycles. The maximum atomic E-state index is 13.8. The van der Waals surface area contributed by atoms with Crippen LogP contribution in [0.25, 0.3) is 0 Å². The molecule has 1 aliphatic rings. The molecule has 0 aliphatic carbocycles.